The van der Waals surface area contributed by atoms with Crippen molar-refractivity contribution >= 4 is 0 Å². The minimum absolute atomic E-state index is 0. The van der Waals surface area contributed by atoms with Gasteiger partial charge in [-0.3, -0.25) is 0 Å². The van der Waals surface area contributed by atoms with Crippen LogP contribution in [-0.2, 0) is 0 Å². The first-order valence-corrected chi connectivity index (χ1v) is 4.83. The molecule has 96 valence electrons. The summed E-state index contributed by atoms with van der Waals surface area (Å²) in [4.78, 5) is 0. The van der Waals surface area contributed by atoms with Crippen molar-refractivity contribution in [1.29, 1.82) is 0 Å². The molecule has 0 aliphatic rings. The Morgan fingerprint density at radius 1 is 0.529 bits per heavy atom. The minimum Gasteiger partial charge on any atom is -0.242 e. The van der Waals surface area contributed by atoms with E-state index < -0.39 is 0 Å². The molecule has 0 spiro atoms. The standard InChI is InChI=1S/4C4H7.U/c4*1-4(2)3;/h4*1-2H2,3H3;/q4*-1;+4. The quantitative estimate of drug-likeness (QED) is 0.416. The van der Waals surface area contributed by atoms with Crippen molar-refractivity contribution in [2.24, 2.45) is 0 Å². The van der Waals surface area contributed by atoms with Crippen LogP contribution in [0, 0.1) is 58.8 Å². The van der Waals surface area contributed by atoms with E-state index in [-0.39, 0.29) is 31.1 Å². The zero-order valence-corrected chi connectivity index (χ0v) is 16.3. The summed E-state index contributed by atoms with van der Waals surface area (Å²) >= 11 is 0. The van der Waals surface area contributed by atoms with Crippen LogP contribution in [0.5, 0.6) is 0 Å². The number of allylic oxidation sites excluding steroid dienone is 4. The molecule has 17 heavy (non-hydrogen) atoms. The van der Waals surface area contributed by atoms with Crippen LogP contribution < -0.4 is 0 Å². The molecule has 0 N–H and O–H groups in total. The molecule has 0 aromatic rings. The normalized spacial score (nSPS) is 5.88. The molecule has 0 amide bonds. The fourth-order valence-electron chi connectivity index (χ4n) is 0. The van der Waals surface area contributed by atoms with Gasteiger partial charge in [0.1, 0.15) is 0 Å². The van der Waals surface area contributed by atoms with Crippen LogP contribution in [0.1, 0.15) is 27.7 Å². The zero-order chi connectivity index (χ0) is 14.3. The second-order valence-electron chi connectivity index (χ2n) is 3.83. The summed E-state index contributed by atoms with van der Waals surface area (Å²) in [7, 11) is 0. The van der Waals surface area contributed by atoms with Crippen LogP contribution in [0.25, 0.3) is 0 Å². The van der Waals surface area contributed by atoms with E-state index in [1.54, 1.807) is 0 Å². The molecule has 0 bridgehead atoms. The fraction of sp³-hybridized carbons (Fsp3) is 0.250. The van der Waals surface area contributed by atoms with Gasteiger partial charge in [-0.25, -0.2) is 76.3 Å². The van der Waals surface area contributed by atoms with Crippen molar-refractivity contribution in [3.05, 3.63) is 76.3 Å². The Kier molecular flexibility index (Phi) is 43.4. The molecule has 0 saturated heterocycles. The van der Waals surface area contributed by atoms with Crippen LogP contribution in [0.2, 0.25) is 0 Å². The maximum absolute atomic E-state index is 3.44. The van der Waals surface area contributed by atoms with Gasteiger partial charge in [-0.15, -0.1) is 0 Å². The molecular formula is C16H28U. The Hall–Kier alpha value is -0.508. The second kappa shape index (κ2) is 24.6. The van der Waals surface area contributed by atoms with E-state index in [1.165, 1.54) is 0 Å². The van der Waals surface area contributed by atoms with Crippen LogP contribution in [0.15, 0.2) is 48.6 Å². The molecule has 0 heterocycles. The molecular weight excluding hydrogens is 430 g/mol. The average Bonchev–Trinajstić information content (AvgIpc) is 1.76. The van der Waals surface area contributed by atoms with E-state index in [2.05, 4.69) is 54.0 Å². The monoisotopic (exact) mass is 458 g/mol. The molecule has 1 heteroatoms. The summed E-state index contributed by atoms with van der Waals surface area (Å²) in [5.74, 6) is 0. The van der Waals surface area contributed by atoms with Gasteiger partial charge in [-0.2, -0.15) is 0 Å². The molecule has 0 aromatic carbocycles. The SMILES string of the molecule is C=C([CH2-])C.C=C([CH2-])C.C=C([CH2-])C.C=C([CH2-])C.[U+4]. The molecule has 0 nitrogen and oxygen atoms in total. The minimum atomic E-state index is 0. The van der Waals surface area contributed by atoms with Crippen molar-refractivity contribution in [3.63, 3.8) is 0 Å². The van der Waals surface area contributed by atoms with Gasteiger partial charge in [0.15, 0.2) is 0 Å². The Morgan fingerprint density at radius 3 is 0.529 bits per heavy atom. The van der Waals surface area contributed by atoms with Gasteiger partial charge in [-0.1, -0.05) is 27.7 Å². The summed E-state index contributed by atoms with van der Waals surface area (Å²) < 4.78 is 0. The Bertz CT molecular complexity index is 146. The first-order valence-electron chi connectivity index (χ1n) is 4.83. The van der Waals surface area contributed by atoms with Crippen molar-refractivity contribution < 1.29 is 31.1 Å². The van der Waals surface area contributed by atoms with Crippen molar-refractivity contribution in [3.8, 4) is 0 Å². The van der Waals surface area contributed by atoms with Crippen molar-refractivity contribution in [2.45, 2.75) is 27.7 Å². The Labute approximate surface area is 134 Å². The number of rotatable bonds is 0. The van der Waals surface area contributed by atoms with E-state index in [9.17, 15) is 0 Å². The third kappa shape index (κ3) is 10900. The van der Waals surface area contributed by atoms with E-state index in [0.717, 1.165) is 22.3 Å². The molecule has 0 aliphatic carbocycles. The molecule has 0 atom stereocenters. The molecule has 0 aliphatic heterocycles. The van der Waals surface area contributed by atoms with Crippen LogP contribution in [0.4, 0.5) is 0 Å². The third-order valence-electron chi connectivity index (χ3n) is 0. The average molecular weight is 458 g/mol. The largest absolute Gasteiger partial charge is 4.00 e. The van der Waals surface area contributed by atoms with Crippen LogP contribution in [0.3, 0.4) is 0 Å². The Balaban J connectivity index is -0.0000000369. The molecule has 0 rings (SSSR count). The summed E-state index contributed by atoms with van der Waals surface area (Å²) in [6.45, 7) is 35.0. The smallest absolute Gasteiger partial charge is 0.242 e. The molecule has 0 saturated carbocycles. The summed E-state index contributed by atoms with van der Waals surface area (Å²) in [6, 6.07) is 0. The van der Waals surface area contributed by atoms with Gasteiger partial charge in [0.25, 0.3) is 0 Å². The van der Waals surface area contributed by atoms with Gasteiger partial charge < -0.3 is 0 Å². The maximum Gasteiger partial charge on any atom is 4.00 e. The summed E-state index contributed by atoms with van der Waals surface area (Å²) in [5, 5.41) is 0. The van der Waals surface area contributed by atoms with Gasteiger partial charge in [0.05, 0.1) is 0 Å². The topological polar surface area (TPSA) is 0 Å². The van der Waals surface area contributed by atoms with Crippen molar-refractivity contribution in [1.82, 2.24) is 0 Å². The first-order chi connectivity index (χ1) is 6.93. The predicted octanol–water partition coefficient (Wildman–Crippen LogP) is 5.59. The second-order valence-corrected chi connectivity index (χ2v) is 3.83. The van der Waals surface area contributed by atoms with Crippen LogP contribution >= 0.6 is 0 Å². The van der Waals surface area contributed by atoms with E-state index in [0.29, 0.717) is 0 Å². The molecule has 0 radical (unpaired) electrons. The van der Waals surface area contributed by atoms with Crippen LogP contribution in [-0.4, -0.2) is 0 Å². The number of hydrogen-bond donors (Lipinski definition) is 0. The van der Waals surface area contributed by atoms with Gasteiger partial charge >= 0.3 is 31.1 Å². The molecule has 0 unspecified atom stereocenters. The maximum atomic E-state index is 3.44. The Morgan fingerprint density at radius 2 is 0.529 bits per heavy atom. The van der Waals surface area contributed by atoms with E-state index in [4.69, 9.17) is 0 Å². The van der Waals surface area contributed by atoms with Gasteiger partial charge in [0, 0.05) is 0 Å². The van der Waals surface area contributed by atoms with E-state index in [1.807, 2.05) is 27.7 Å². The molecule has 0 aromatic heterocycles. The first kappa shape index (κ1) is 30.0. The zero-order valence-electron chi connectivity index (χ0n) is 12.2. The van der Waals surface area contributed by atoms with Crippen molar-refractivity contribution in [2.75, 3.05) is 0 Å². The summed E-state index contributed by atoms with van der Waals surface area (Å²) in [5.41, 5.74) is 3.67. The third-order valence-corrected chi connectivity index (χ3v) is 0. The predicted molar refractivity (Wildman–Crippen MR) is 80.7 cm³/mol. The molecule has 0 fully saturated rings. The summed E-state index contributed by atoms with van der Waals surface area (Å²) in [6.07, 6.45) is 0. The van der Waals surface area contributed by atoms with Gasteiger partial charge in [0.2, 0.25) is 0 Å². The van der Waals surface area contributed by atoms with Gasteiger partial charge in [-0.05, 0) is 0 Å². The fourth-order valence-corrected chi connectivity index (χ4v) is 0. The van der Waals surface area contributed by atoms with E-state index >= 15 is 0 Å². The number of hydrogen-bond acceptors (Lipinski definition) is 0.